The Balaban J connectivity index is 3.47. The van der Waals surface area contributed by atoms with E-state index in [0.717, 1.165) is 6.07 Å². The van der Waals surface area contributed by atoms with Crippen molar-refractivity contribution in [1.29, 1.82) is 0 Å². The van der Waals surface area contributed by atoms with Crippen LogP contribution in [-0.4, -0.2) is 19.8 Å². The summed E-state index contributed by atoms with van der Waals surface area (Å²) in [7, 11) is 0.682. The molecule has 1 aromatic heterocycles. The molecular weight excluding hydrogens is 397 g/mol. The summed E-state index contributed by atoms with van der Waals surface area (Å²) < 4.78 is 62.4. The molecule has 0 aliphatic rings. The monoisotopic (exact) mass is 401 g/mol. The highest BCUT2D eigenvalue weighted by atomic mass is 127. The number of halogens is 5. The molecule has 0 fully saturated rings. The van der Waals surface area contributed by atoms with Gasteiger partial charge in [-0.3, -0.25) is 0 Å². The molecule has 0 aromatic carbocycles. The Labute approximate surface area is 113 Å². The molecule has 0 radical (unpaired) electrons. The van der Waals surface area contributed by atoms with Gasteiger partial charge in [-0.05, 0) is 35.6 Å². The molecule has 1 aromatic rings. The van der Waals surface area contributed by atoms with Gasteiger partial charge in [0.25, 0.3) is 9.05 Å². The van der Waals surface area contributed by atoms with Crippen molar-refractivity contribution in [3.63, 3.8) is 0 Å². The number of hydrogen-bond acceptors (Lipinski definition) is 4. The number of aryl methyl sites for hydroxylation is 1. The lowest BCUT2D eigenvalue weighted by molar-refractivity contribution is -0.275. The fourth-order valence-electron chi connectivity index (χ4n) is 1.02. The van der Waals surface area contributed by atoms with Gasteiger partial charge < -0.3 is 4.74 Å². The van der Waals surface area contributed by atoms with Crippen LogP contribution in [0.25, 0.3) is 0 Å². The summed E-state index contributed by atoms with van der Waals surface area (Å²) >= 11 is 1.65. The van der Waals surface area contributed by atoms with E-state index in [1.165, 1.54) is 6.92 Å². The molecule has 0 spiro atoms. The molecule has 0 aliphatic heterocycles. The molecule has 0 saturated heterocycles. The number of nitrogens with zero attached hydrogens (tertiary/aromatic N) is 1. The van der Waals surface area contributed by atoms with Crippen molar-refractivity contribution in [3.05, 3.63) is 15.5 Å². The summed E-state index contributed by atoms with van der Waals surface area (Å²) in [6, 6.07) is 0.900. The highest BCUT2D eigenvalue weighted by Crippen LogP contribution is 2.34. The van der Waals surface area contributed by atoms with Crippen LogP contribution in [0, 0.1) is 10.6 Å². The van der Waals surface area contributed by atoms with Gasteiger partial charge in [0, 0.05) is 10.7 Å². The second-order valence-corrected chi connectivity index (χ2v) is 6.48. The fourth-order valence-corrected chi connectivity index (χ4v) is 2.91. The highest BCUT2D eigenvalue weighted by molar-refractivity contribution is 14.1. The topological polar surface area (TPSA) is 56.3 Å². The maximum atomic E-state index is 12.1. The predicted molar refractivity (Wildman–Crippen MR) is 61.4 cm³/mol. The Morgan fingerprint density at radius 3 is 2.41 bits per heavy atom. The quantitative estimate of drug-likeness (QED) is 0.434. The number of alkyl halides is 3. The molecule has 1 heterocycles. The number of rotatable bonds is 2. The zero-order chi connectivity index (χ0) is 13.4. The Kier molecular flexibility index (Phi) is 4.14. The molecule has 17 heavy (non-hydrogen) atoms. The molecule has 0 saturated carbocycles. The van der Waals surface area contributed by atoms with Gasteiger partial charge in [-0.2, -0.15) is 0 Å². The smallest absolute Gasteiger partial charge is 0.402 e. The van der Waals surface area contributed by atoms with E-state index in [-0.39, 0.29) is 9.39 Å². The first-order chi connectivity index (χ1) is 7.50. The van der Waals surface area contributed by atoms with E-state index in [9.17, 15) is 21.6 Å². The van der Waals surface area contributed by atoms with E-state index in [2.05, 4.69) is 9.72 Å². The summed E-state index contributed by atoms with van der Waals surface area (Å²) in [5.74, 6) is -0.909. The number of hydrogen-bond donors (Lipinski definition) is 0. The van der Waals surface area contributed by atoms with Gasteiger partial charge >= 0.3 is 6.36 Å². The van der Waals surface area contributed by atoms with E-state index >= 15 is 0 Å². The van der Waals surface area contributed by atoms with Crippen molar-refractivity contribution >= 4 is 42.3 Å². The average Bonchev–Trinajstić information content (AvgIpc) is 2.05. The molecule has 0 atom stereocenters. The van der Waals surface area contributed by atoms with Gasteiger partial charge in [-0.1, -0.05) is 0 Å². The van der Waals surface area contributed by atoms with Crippen LogP contribution in [0.1, 0.15) is 5.69 Å². The molecule has 96 valence electrons. The minimum Gasteiger partial charge on any atom is -0.402 e. The average molecular weight is 402 g/mol. The van der Waals surface area contributed by atoms with Crippen molar-refractivity contribution in [2.75, 3.05) is 0 Å². The van der Waals surface area contributed by atoms with Crippen molar-refractivity contribution in [1.82, 2.24) is 4.98 Å². The van der Waals surface area contributed by atoms with Crippen LogP contribution >= 0.6 is 33.3 Å². The third-order valence-corrected chi connectivity index (χ3v) is 3.44. The summed E-state index contributed by atoms with van der Waals surface area (Å²) in [5.41, 5.74) is -0.214. The molecule has 4 nitrogen and oxygen atoms in total. The maximum absolute atomic E-state index is 12.1. The SMILES string of the molecule is Cc1nc(I)cc(S(=O)(=O)Cl)c1OC(F)(F)F. The molecule has 0 aliphatic carbocycles. The first-order valence-corrected chi connectivity index (χ1v) is 7.27. The summed E-state index contributed by atoms with van der Waals surface area (Å²) in [6.07, 6.45) is -5.02. The normalized spacial score (nSPS) is 12.6. The van der Waals surface area contributed by atoms with Gasteiger partial charge in [0.15, 0.2) is 5.75 Å². The van der Waals surface area contributed by atoms with Gasteiger partial charge in [0.2, 0.25) is 0 Å². The van der Waals surface area contributed by atoms with Crippen molar-refractivity contribution in [3.8, 4) is 5.75 Å². The van der Waals surface area contributed by atoms with Crippen molar-refractivity contribution in [2.45, 2.75) is 18.2 Å². The second-order valence-electron chi connectivity index (χ2n) is 2.84. The standard InChI is InChI=1S/C7H4ClF3INO3S/c1-3-6(16-7(9,10)11)4(17(8,14)15)2-5(12)13-3/h2H,1H3. The molecule has 1 rings (SSSR count). The first kappa shape index (κ1) is 14.8. The summed E-state index contributed by atoms with van der Waals surface area (Å²) in [6.45, 7) is 1.19. The van der Waals surface area contributed by atoms with Crippen molar-refractivity contribution in [2.24, 2.45) is 0 Å². The Hall–Kier alpha value is -0.290. The van der Waals surface area contributed by atoms with Crippen LogP contribution in [0.5, 0.6) is 5.75 Å². The number of pyridine rings is 1. The Morgan fingerprint density at radius 2 is 2.00 bits per heavy atom. The lowest BCUT2D eigenvalue weighted by Gasteiger charge is -2.13. The van der Waals surface area contributed by atoms with Crippen LogP contribution in [0.4, 0.5) is 13.2 Å². The summed E-state index contributed by atoms with van der Waals surface area (Å²) in [4.78, 5) is 2.91. The van der Waals surface area contributed by atoms with E-state index in [1.807, 2.05) is 0 Å². The largest absolute Gasteiger partial charge is 0.573 e. The number of aromatic nitrogens is 1. The zero-order valence-electron chi connectivity index (χ0n) is 8.05. The van der Waals surface area contributed by atoms with Gasteiger partial charge in [0.1, 0.15) is 8.60 Å². The molecule has 0 amide bonds. The zero-order valence-corrected chi connectivity index (χ0v) is 11.8. The van der Waals surface area contributed by atoms with Crippen LogP contribution in [0.2, 0.25) is 0 Å². The Bertz CT molecular complexity index is 546. The van der Waals surface area contributed by atoms with Crippen LogP contribution in [0.3, 0.4) is 0 Å². The lowest BCUT2D eigenvalue weighted by atomic mass is 10.3. The van der Waals surface area contributed by atoms with Crippen LogP contribution in [0.15, 0.2) is 11.0 Å². The highest BCUT2D eigenvalue weighted by Gasteiger charge is 2.35. The van der Waals surface area contributed by atoms with E-state index in [0.29, 0.717) is 0 Å². The van der Waals surface area contributed by atoms with Gasteiger partial charge in [-0.15, -0.1) is 13.2 Å². The van der Waals surface area contributed by atoms with E-state index in [4.69, 9.17) is 10.7 Å². The third kappa shape index (κ3) is 4.14. The predicted octanol–water partition coefficient (Wildman–Crippen LogP) is 2.82. The van der Waals surface area contributed by atoms with Crippen LogP contribution < -0.4 is 4.74 Å². The molecule has 0 bridgehead atoms. The third-order valence-electron chi connectivity index (χ3n) is 1.56. The van der Waals surface area contributed by atoms with Gasteiger partial charge in [-0.25, -0.2) is 13.4 Å². The van der Waals surface area contributed by atoms with E-state index < -0.39 is 26.1 Å². The fraction of sp³-hybridized carbons (Fsp3) is 0.286. The Morgan fingerprint density at radius 1 is 1.47 bits per heavy atom. The summed E-state index contributed by atoms with van der Waals surface area (Å²) in [5, 5.41) is 0. The lowest BCUT2D eigenvalue weighted by Crippen LogP contribution is -2.19. The van der Waals surface area contributed by atoms with E-state index in [1.54, 1.807) is 22.6 Å². The number of ether oxygens (including phenoxy) is 1. The molecular formula is C7H4ClF3INO3S. The minimum atomic E-state index is -5.02. The minimum absolute atomic E-state index is 0.189. The van der Waals surface area contributed by atoms with Crippen molar-refractivity contribution < 1.29 is 26.3 Å². The second kappa shape index (κ2) is 4.76. The molecule has 0 unspecified atom stereocenters. The molecule has 10 heteroatoms. The first-order valence-electron chi connectivity index (χ1n) is 3.88. The van der Waals surface area contributed by atoms with Gasteiger partial charge in [0.05, 0.1) is 5.69 Å². The molecule has 0 N–H and O–H groups in total. The van der Waals surface area contributed by atoms with Crippen LogP contribution in [-0.2, 0) is 9.05 Å². The maximum Gasteiger partial charge on any atom is 0.573 e.